The number of nitrogens with one attached hydrogen (secondary N) is 3. The number of anilines is 2. The lowest BCUT2D eigenvalue weighted by Gasteiger charge is -2.27. The molecule has 7 rings (SSSR count). The van der Waals surface area contributed by atoms with Gasteiger partial charge in [-0.15, -0.1) is 0 Å². The molecule has 1 aliphatic rings. The van der Waals surface area contributed by atoms with E-state index in [1.54, 1.807) is 46.6 Å². The lowest BCUT2D eigenvalue weighted by molar-refractivity contribution is -0.118. The van der Waals surface area contributed by atoms with E-state index in [2.05, 4.69) is 26.1 Å². The largest absolute Gasteiger partial charge is 0.491 e. The van der Waals surface area contributed by atoms with Crippen molar-refractivity contribution in [3.8, 4) is 11.5 Å². The molecule has 314 valence electrons. The highest BCUT2D eigenvalue weighted by atomic mass is 16.5. The summed E-state index contributed by atoms with van der Waals surface area (Å²) in [4.78, 5) is 73.1. The molecule has 4 aromatic heterocycles. The Bertz CT molecular complexity index is 2670. The summed E-state index contributed by atoms with van der Waals surface area (Å²) in [6.07, 6.45) is 1.44. The van der Waals surface area contributed by atoms with E-state index in [1.165, 1.54) is 13.0 Å². The third-order valence-corrected chi connectivity index (χ3v) is 10.1. The van der Waals surface area contributed by atoms with Crippen LogP contribution in [0.2, 0.25) is 0 Å². The molecule has 7 N–H and O–H groups in total. The summed E-state index contributed by atoms with van der Waals surface area (Å²) in [7, 11) is 0. The molecule has 0 radical (unpaired) electrons. The van der Waals surface area contributed by atoms with Gasteiger partial charge in [0.25, 0.3) is 11.8 Å². The van der Waals surface area contributed by atoms with Crippen molar-refractivity contribution in [2.75, 3.05) is 30.4 Å². The van der Waals surface area contributed by atoms with E-state index in [1.807, 2.05) is 29.9 Å². The van der Waals surface area contributed by atoms with Gasteiger partial charge in [0.15, 0.2) is 0 Å². The number of hydrogen-bond donors (Lipinski definition) is 5. The van der Waals surface area contributed by atoms with Crippen molar-refractivity contribution in [3.05, 3.63) is 70.3 Å². The molecule has 0 unspecified atom stereocenters. The summed E-state index contributed by atoms with van der Waals surface area (Å²) in [5, 5.41) is 17.5. The molecule has 0 fully saturated rings. The number of ether oxygens (including phenoxy) is 2. The molecule has 1 aliphatic heterocycles. The maximum absolute atomic E-state index is 13.8. The van der Waals surface area contributed by atoms with Gasteiger partial charge in [-0.05, 0) is 83.4 Å². The number of carbonyl (C=O) groups is 5. The number of imidazole rings is 2. The van der Waals surface area contributed by atoms with Gasteiger partial charge in [-0.1, -0.05) is 0 Å². The van der Waals surface area contributed by atoms with Crippen LogP contribution in [-0.2, 0) is 24.4 Å². The summed E-state index contributed by atoms with van der Waals surface area (Å²) in [5.74, 6) is -1.18. The standard InChI is InChI=1S/C40H47N13O7/c1-6-51-29(14-21(3)48-51)37(57)46-39-44-27-16-24(35(41)55)18-31(59-13-9-11-43-23(5)54)33(27)50(39)12-8-10-26-20-60-32-19-25(36(42)56)17-28-34(32)53(26)40(45-28)47-38(58)30-15-22(4)49-52(30)7-2/h14-19,26H,6-13,20H2,1-5H3,(H2,41,55)(H2,42,56)(H,43,54)(H,44,46,57)(H,45,47,58)/t26-/m0/s1. The number of aryl methyl sites for hydroxylation is 5. The molecule has 60 heavy (non-hydrogen) atoms. The van der Waals surface area contributed by atoms with Gasteiger partial charge in [-0.25, -0.2) is 9.97 Å². The van der Waals surface area contributed by atoms with Gasteiger partial charge >= 0.3 is 0 Å². The number of primary amides is 2. The fourth-order valence-corrected chi connectivity index (χ4v) is 7.43. The Balaban J connectivity index is 1.24. The lowest BCUT2D eigenvalue weighted by Crippen LogP contribution is -2.26. The van der Waals surface area contributed by atoms with Crippen molar-refractivity contribution in [3.63, 3.8) is 0 Å². The zero-order valence-electron chi connectivity index (χ0n) is 34.0. The maximum Gasteiger partial charge on any atom is 0.276 e. The Kier molecular flexibility index (Phi) is 11.5. The summed E-state index contributed by atoms with van der Waals surface area (Å²) in [5.41, 5.74) is 15.7. The number of aromatic nitrogens is 8. The molecule has 2 aromatic carbocycles. The predicted molar refractivity (Wildman–Crippen MR) is 220 cm³/mol. The molecule has 0 saturated heterocycles. The molecule has 0 saturated carbocycles. The first-order valence-corrected chi connectivity index (χ1v) is 19.7. The van der Waals surface area contributed by atoms with Crippen molar-refractivity contribution in [2.45, 2.75) is 79.6 Å². The Morgan fingerprint density at radius 3 is 1.98 bits per heavy atom. The number of carbonyl (C=O) groups excluding carboxylic acids is 5. The van der Waals surface area contributed by atoms with Crippen LogP contribution in [-0.4, -0.2) is 88.0 Å². The van der Waals surface area contributed by atoms with Gasteiger partial charge in [0, 0.05) is 44.2 Å². The number of nitrogens with two attached hydrogens (primary N) is 2. The molecule has 1 atom stereocenters. The SMILES string of the molecule is CCn1nc(C)cc1C(=O)Nc1nc2cc(C(N)=O)cc(OCCCNC(C)=O)c2n1CCC[C@H]1COc2cc(C(N)=O)cc3nc(NC(=O)c4cc(C)nn4CC)n1c23. The van der Waals surface area contributed by atoms with Gasteiger partial charge in [0.2, 0.25) is 29.6 Å². The highest BCUT2D eigenvalue weighted by molar-refractivity contribution is 6.05. The minimum absolute atomic E-state index is 0.162. The Labute approximate surface area is 343 Å². The molecule has 5 amide bonds. The zero-order valence-corrected chi connectivity index (χ0v) is 34.0. The second-order valence-electron chi connectivity index (χ2n) is 14.5. The van der Waals surface area contributed by atoms with Gasteiger partial charge in [0.1, 0.15) is 40.5 Å². The molecule has 20 heteroatoms. The van der Waals surface area contributed by atoms with Gasteiger partial charge < -0.3 is 35.4 Å². The number of amides is 5. The van der Waals surface area contributed by atoms with Gasteiger partial charge in [-0.3, -0.25) is 44.0 Å². The fourth-order valence-electron chi connectivity index (χ4n) is 7.43. The van der Waals surface area contributed by atoms with Crippen LogP contribution in [0.15, 0.2) is 36.4 Å². The van der Waals surface area contributed by atoms with Crippen molar-refractivity contribution in [1.82, 2.24) is 44.0 Å². The van der Waals surface area contributed by atoms with Gasteiger partial charge in [0.05, 0.1) is 35.1 Å². The number of rotatable bonds is 17. The number of nitrogens with zero attached hydrogens (tertiary/aromatic N) is 8. The van der Waals surface area contributed by atoms with Crippen LogP contribution in [0, 0.1) is 13.8 Å². The number of benzene rings is 2. The number of hydrogen-bond acceptors (Lipinski definition) is 11. The minimum atomic E-state index is -0.688. The van der Waals surface area contributed by atoms with Crippen LogP contribution in [0.5, 0.6) is 11.5 Å². The van der Waals surface area contributed by atoms with Crippen LogP contribution in [0.4, 0.5) is 11.9 Å². The average molecular weight is 822 g/mol. The van der Waals surface area contributed by atoms with E-state index in [4.69, 9.17) is 30.9 Å². The molecular formula is C40H47N13O7. The predicted octanol–water partition coefficient (Wildman–Crippen LogP) is 3.46. The van der Waals surface area contributed by atoms with E-state index in [0.29, 0.717) is 102 Å². The second kappa shape index (κ2) is 16.9. The third kappa shape index (κ3) is 8.20. The van der Waals surface area contributed by atoms with Crippen molar-refractivity contribution in [2.24, 2.45) is 11.5 Å². The van der Waals surface area contributed by atoms with Crippen LogP contribution in [0.3, 0.4) is 0 Å². The summed E-state index contributed by atoms with van der Waals surface area (Å²) >= 11 is 0. The molecule has 0 aliphatic carbocycles. The zero-order chi connectivity index (χ0) is 42.8. The molecule has 0 spiro atoms. The van der Waals surface area contributed by atoms with Crippen molar-refractivity contribution >= 4 is 63.5 Å². The second-order valence-corrected chi connectivity index (χ2v) is 14.5. The van der Waals surface area contributed by atoms with E-state index in [0.717, 1.165) is 0 Å². The first kappa shape index (κ1) is 40.9. The molecule has 0 bridgehead atoms. The highest BCUT2D eigenvalue weighted by Crippen LogP contribution is 2.39. The van der Waals surface area contributed by atoms with Crippen LogP contribution < -0.4 is 36.9 Å². The molecule has 20 nitrogen and oxygen atoms in total. The normalized spacial score (nSPS) is 13.3. The van der Waals surface area contributed by atoms with Crippen LogP contribution >= 0.6 is 0 Å². The fraction of sp³-hybridized carbons (Fsp3) is 0.375. The average Bonchev–Trinajstić information content (AvgIpc) is 3.98. The van der Waals surface area contributed by atoms with Crippen molar-refractivity contribution < 1.29 is 33.4 Å². The van der Waals surface area contributed by atoms with E-state index >= 15 is 0 Å². The summed E-state index contributed by atoms with van der Waals surface area (Å²) < 4.78 is 19.4. The lowest BCUT2D eigenvalue weighted by atomic mass is 10.1. The highest BCUT2D eigenvalue weighted by Gasteiger charge is 2.30. The topological polar surface area (TPSA) is 263 Å². The molecular weight excluding hydrogens is 775 g/mol. The smallest absolute Gasteiger partial charge is 0.276 e. The minimum Gasteiger partial charge on any atom is -0.491 e. The Hall–Kier alpha value is -7.25. The number of fused-ring (bicyclic) bond motifs is 1. The van der Waals surface area contributed by atoms with Crippen molar-refractivity contribution in [1.29, 1.82) is 0 Å². The van der Waals surface area contributed by atoms with E-state index in [9.17, 15) is 24.0 Å². The quantitative estimate of drug-likeness (QED) is 0.0832. The Morgan fingerprint density at radius 1 is 0.800 bits per heavy atom. The first-order valence-electron chi connectivity index (χ1n) is 19.7. The van der Waals surface area contributed by atoms with E-state index < -0.39 is 23.6 Å². The van der Waals surface area contributed by atoms with Crippen LogP contribution in [0.25, 0.3) is 22.1 Å². The monoisotopic (exact) mass is 821 g/mol. The summed E-state index contributed by atoms with van der Waals surface area (Å²) in [6, 6.07) is 9.25. The Morgan fingerprint density at radius 2 is 1.38 bits per heavy atom. The van der Waals surface area contributed by atoms with Gasteiger partial charge in [-0.2, -0.15) is 10.2 Å². The van der Waals surface area contributed by atoms with E-state index in [-0.39, 0.29) is 48.2 Å². The summed E-state index contributed by atoms with van der Waals surface area (Å²) in [6.45, 7) is 10.8. The van der Waals surface area contributed by atoms with Crippen LogP contribution in [0.1, 0.15) is 99.2 Å². The molecule has 6 aromatic rings. The third-order valence-electron chi connectivity index (χ3n) is 10.1. The molecule has 5 heterocycles. The first-order chi connectivity index (χ1) is 28.8. The maximum atomic E-state index is 13.8.